The number of carbonyl (C=O) groups excluding carboxylic acids is 1. The minimum absolute atomic E-state index is 0.0700. The minimum atomic E-state index is -4.51. The molecule has 1 amide bonds. The van der Waals surface area contributed by atoms with Gasteiger partial charge in [-0.3, -0.25) is 9.59 Å². The molecule has 2 aliphatic rings. The van der Waals surface area contributed by atoms with Crippen molar-refractivity contribution >= 4 is 22.8 Å². The Kier molecular flexibility index (Phi) is 7.03. The first-order chi connectivity index (χ1) is 18.1. The van der Waals surface area contributed by atoms with E-state index in [1.165, 1.54) is 17.0 Å². The third-order valence-corrected chi connectivity index (χ3v) is 7.02. The van der Waals surface area contributed by atoms with Crippen LogP contribution in [0.5, 0.6) is 0 Å². The van der Waals surface area contributed by atoms with Crippen LogP contribution < -0.4 is 10.5 Å². The molecule has 0 saturated carbocycles. The van der Waals surface area contributed by atoms with Crippen LogP contribution in [0.4, 0.5) is 27.9 Å². The van der Waals surface area contributed by atoms with Crippen LogP contribution >= 0.6 is 0 Å². The van der Waals surface area contributed by atoms with Crippen LogP contribution in [0.15, 0.2) is 29.6 Å². The first-order valence-corrected chi connectivity index (χ1v) is 12.0. The van der Waals surface area contributed by atoms with E-state index in [1.54, 1.807) is 4.90 Å². The Bertz CT molecular complexity index is 1360. The lowest BCUT2D eigenvalue weighted by atomic mass is 10.1. The molecule has 3 aromatic rings. The van der Waals surface area contributed by atoms with E-state index in [9.17, 15) is 31.5 Å². The zero-order chi connectivity index (χ0) is 27.0. The molecule has 0 unspecified atom stereocenters. The molecule has 2 fully saturated rings. The summed E-state index contributed by atoms with van der Waals surface area (Å²) in [6.07, 6.45) is -1.85. The first-order valence-electron chi connectivity index (χ1n) is 12.0. The van der Waals surface area contributed by atoms with Crippen LogP contribution in [0.3, 0.4) is 0 Å². The largest absolute Gasteiger partial charge is 0.419 e. The highest BCUT2D eigenvalue weighted by atomic mass is 19.4. The van der Waals surface area contributed by atoms with Gasteiger partial charge < -0.3 is 19.1 Å². The third-order valence-electron chi connectivity index (χ3n) is 7.02. The predicted octanol–water partition coefficient (Wildman–Crippen LogP) is 2.76. The maximum Gasteiger partial charge on any atom is 0.419 e. The van der Waals surface area contributed by atoms with Crippen molar-refractivity contribution < 1.29 is 31.5 Å². The molecule has 0 aromatic carbocycles. The number of anilines is 1. The number of hydrogen-bond acceptors (Lipinski definition) is 7. The molecular weight excluding hydrogens is 517 g/mol. The quantitative estimate of drug-likeness (QED) is 0.345. The van der Waals surface area contributed by atoms with Gasteiger partial charge >= 0.3 is 6.18 Å². The summed E-state index contributed by atoms with van der Waals surface area (Å²) in [7, 11) is 0. The van der Waals surface area contributed by atoms with Crippen molar-refractivity contribution in [3.63, 3.8) is 0 Å². The summed E-state index contributed by atoms with van der Waals surface area (Å²) in [5.41, 5.74) is -1.71. The molecule has 0 spiro atoms. The number of likely N-dealkylation sites (tertiary alicyclic amines) is 1. The lowest BCUT2D eigenvalue weighted by Gasteiger charge is -2.25. The van der Waals surface area contributed by atoms with E-state index in [4.69, 9.17) is 4.74 Å². The molecule has 0 aliphatic carbocycles. The van der Waals surface area contributed by atoms with Crippen LogP contribution in [0.2, 0.25) is 0 Å². The summed E-state index contributed by atoms with van der Waals surface area (Å²) in [6.45, 7) is 1.50. The molecule has 15 heteroatoms. The number of amides is 1. The zero-order valence-electron chi connectivity index (χ0n) is 20.0. The van der Waals surface area contributed by atoms with E-state index in [1.807, 2.05) is 4.90 Å². The summed E-state index contributed by atoms with van der Waals surface area (Å²) in [5.74, 6) is 0.114. The average molecular weight is 541 g/mol. The second-order valence-electron chi connectivity index (χ2n) is 9.16. The lowest BCUT2D eigenvalue weighted by molar-refractivity contribution is -0.138. The number of halogens is 5. The Morgan fingerprint density at radius 1 is 1.11 bits per heavy atom. The smallest absolute Gasteiger partial charge is 0.379 e. The lowest BCUT2D eigenvalue weighted by Crippen LogP contribution is -2.40. The standard InChI is InChI=1S/C23H24F5N7O3/c24-20(25)14-12-33(17-11-31-32-21(37)19(14)17)6-8-38-7-3-18(36)34-4-1-16-15(34)2-5-35(16)22-29-9-13(10-30-22)23(26,27)28/h9-12,15-16,20H,1-8H2,(H,32,37)/t15-,16-/m1/s1. The Morgan fingerprint density at radius 2 is 1.84 bits per heavy atom. The first kappa shape index (κ1) is 26.0. The number of nitrogens with one attached hydrogen (secondary N) is 1. The van der Waals surface area contributed by atoms with E-state index in [0.717, 1.165) is 12.4 Å². The molecule has 0 bridgehead atoms. The van der Waals surface area contributed by atoms with E-state index in [2.05, 4.69) is 20.2 Å². The summed E-state index contributed by atoms with van der Waals surface area (Å²) in [4.78, 5) is 36.2. The van der Waals surface area contributed by atoms with E-state index < -0.39 is 23.7 Å². The van der Waals surface area contributed by atoms with Crippen molar-refractivity contribution in [1.29, 1.82) is 0 Å². The average Bonchev–Trinajstić information content (AvgIpc) is 3.57. The van der Waals surface area contributed by atoms with Crippen molar-refractivity contribution in [2.24, 2.45) is 0 Å². The SMILES string of the molecule is O=C(CCOCCn1cc(C(F)F)c2c(=O)[nH]ncc21)N1CC[C@@H]2[C@H]1CCN2c1ncc(C(F)(F)F)cn1. The number of ether oxygens (including phenoxy) is 1. The number of fused-ring (bicyclic) bond motifs is 2. The van der Waals surface area contributed by atoms with Crippen LogP contribution in [-0.2, 0) is 22.3 Å². The van der Waals surface area contributed by atoms with Gasteiger partial charge in [-0.2, -0.15) is 18.3 Å². The van der Waals surface area contributed by atoms with Crippen molar-refractivity contribution in [1.82, 2.24) is 29.6 Å². The number of rotatable bonds is 8. The Labute approximate surface area is 212 Å². The summed E-state index contributed by atoms with van der Waals surface area (Å²) >= 11 is 0. The van der Waals surface area contributed by atoms with Gasteiger partial charge in [0.1, 0.15) is 0 Å². The third kappa shape index (κ3) is 4.93. The summed E-state index contributed by atoms with van der Waals surface area (Å²) in [5, 5.41) is 5.72. The molecule has 1 N–H and O–H groups in total. The highest BCUT2D eigenvalue weighted by Crippen LogP contribution is 2.35. The van der Waals surface area contributed by atoms with Gasteiger partial charge in [-0.1, -0.05) is 0 Å². The summed E-state index contributed by atoms with van der Waals surface area (Å²) in [6, 6.07) is -0.155. The van der Waals surface area contributed by atoms with Gasteiger partial charge in [0.15, 0.2) is 0 Å². The Balaban J connectivity index is 1.12. The van der Waals surface area contributed by atoms with E-state index in [-0.39, 0.29) is 66.6 Å². The van der Waals surface area contributed by atoms with Crippen molar-refractivity contribution in [3.8, 4) is 0 Å². The second kappa shape index (κ2) is 10.3. The molecule has 5 heterocycles. The van der Waals surface area contributed by atoms with Crippen LogP contribution in [0.1, 0.15) is 36.8 Å². The van der Waals surface area contributed by atoms with Gasteiger partial charge in [-0.15, -0.1) is 0 Å². The van der Waals surface area contributed by atoms with Gasteiger partial charge in [-0.25, -0.2) is 23.8 Å². The van der Waals surface area contributed by atoms with Gasteiger partial charge in [0, 0.05) is 43.8 Å². The topological polar surface area (TPSA) is 109 Å². The normalized spacial score (nSPS) is 19.6. The molecule has 2 atom stereocenters. The molecule has 2 saturated heterocycles. The van der Waals surface area contributed by atoms with Gasteiger partial charge in [-0.05, 0) is 12.8 Å². The van der Waals surface area contributed by atoms with Crippen molar-refractivity contribution in [3.05, 3.63) is 46.3 Å². The number of H-pyrrole nitrogens is 1. The second-order valence-corrected chi connectivity index (χ2v) is 9.16. The fourth-order valence-electron chi connectivity index (χ4n) is 5.27. The molecule has 38 heavy (non-hydrogen) atoms. The van der Waals surface area contributed by atoms with Crippen LogP contribution in [0, 0.1) is 0 Å². The molecule has 204 valence electrons. The number of aromatic amines is 1. The van der Waals surface area contributed by atoms with Crippen LogP contribution in [-0.4, -0.2) is 73.9 Å². The molecule has 5 rings (SSSR count). The van der Waals surface area contributed by atoms with Crippen molar-refractivity contribution in [2.75, 3.05) is 31.2 Å². The summed E-state index contributed by atoms with van der Waals surface area (Å²) < 4.78 is 72.1. The Hall–Kier alpha value is -3.62. The minimum Gasteiger partial charge on any atom is -0.379 e. The fraction of sp³-hybridized carbons (Fsp3) is 0.522. The maximum atomic E-state index is 13.3. The van der Waals surface area contributed by atoms with Gasteiger partial charge in [0.05, 0.1) is 54.4 Å². The number of aromatic nitrogens is 5. The van der Waals surface area contributed by atoms with E-state index >= 15 is 0 Å². The number of carbonyl (C=O) groups is 1. The number of alkyl halides is 5. The zero-order valence-corrected chi connectivity index (χ0v) is 20.0. The number of nitrogens with zero attached hydrogens (tertiary/aromatic N) is 6. The molecule has 10 nitrogen and oxygen atoms in total. The predicted molar refractivity (Wildman–Crippen MR) is 124 cm³/mol. The molecule has 0 radical (unpaired) electrons. The Morgan fingerprint density at radius 3 is 2.55 bits per heavy atom. The van der Waals surface area contributed by atoms with Crippen LogP contribution in [0.25, 0.3) is 10.9 Å². The van der Waals surface area contributed by atoms with Gasteiger partial charge in [0.2, 0.25) is 11.9 Å². The van der Waals surface area contributed by atoms with E-state index in [0.29, 0.717) is 25.9 Å². The number of hydrogen-bond donors (Lipinski definition) is 1. The highest BCUT2D eigenvalue weighted by molar-refractivity contribution is 5.82. The fourth-order valence-corrected chi connectivity index (χ4v) is 5.27. The van der Waals surface area contributed by atoms with Crippen molar-refractivity contribution in [2.45, 2.75) is 50.5 Å². The van der Waals surface area contributed by atoms with Gasteiger partial charge in [0.25, 0.3) is 12.0 Å². The molecular formula is C23H24F5N7O3. The monoisotopic (exact) mass is 541 g/mol. The maximum absolute atomic E-state index is 13.3. The molecule has 3 aromatic heterocycles. The highest BCUT2D eigenvalue weighted by Gasteiger charge is 2.45. The molecule has 2 aliphatic heterocycles.